The highest BCUT2D eigenvalue weighted by atomic mass is 16.2. The number of amides is 1. The third-order valence-corrected chi connectivity index (χ3v) is 4.25. The van der Waals surface area contributed by atoms with E-state index >= 15 is 0 Å². The minimum absolute atomic E-state index is 0.211. The molecule has 3 nitrogen and oxygen atoms in total. The van der Waals surface area contributed by atoms with Crippen LogP contribution in [0.2, 0.25) is 0 Å². The highest BCUT2D eigenvalue weighted by Gasteiger charge is 2.18. The molecule has 20 heavy (non-hydrogen) atoms. The Labute approximate surface area is 122 Å². The van der Waals surface area contributed by atoms with Crippen molar-refractivity contribution < 1.29 is 4.79 Å². The lowest BCUT2D eigenvalue weighted by atomic mass is 10.1. The maximum atomic E-state index is 12.3. The molecule has 0 bridgehead atoms. The molecule has 0 saturated heterocycles. The van der Waals surface area contributed by atoms with Crippen LogP contribution in [0.1, 0.15) is 43.7 Å². The third kappa shape index (κ3) is 4.07. The van der Waals surface area contributed by atoms with Gasteiger partial charge in [0.25, 0.3) is 0 Å². The van der Waals surface area contributed by atoms with E-state index in [1.807, 2.05) is 24.0 Å². The van der Waals surface area contributed by atoms with Crippen molar-refractivity contribution in [2.75, 3.05) is 13.1 Å². The summed E-state index contributed by atoms with van der Waals surface area (Å²) in [6.07, 6.45) is 5.04. The Kier molecular flexibility index (Phi) is 5.60. The molecule has 3 heteroatoms. The first-order chi connectivity index (χ1) is 9.70. The Morgan fingerprint density at radius 3 is 2.65 bits per heavy atom. The quantitative estimate of drug-likeness (QED) is 0.865. The van der Waals surface area contributed by atoms with Crippen LogP contribution in [0, 0.1) is 6.92 Å². The van der Waals surface area contributed by atoms with Gasteiger partial charge >= 0.3 is 0 Å². The number of carbonyl (C=O) groups excluding carboxylic acids is 1. The average Bonchev–Trinajstić information content (AvgIpc) is 2.97. The molecule has 0 aliphatic heterocycles. The number of rotatable bonds is 6. The van der Waals surface area contributed by atoms with E-state index in [0.29, 0.717) is 19.1 Å². The second-order valence-electron chi connectivity index (χ2n) is 5.70. The number of aryl methyl sites for hydroxylation is 1. The zero-order valence-electron chi connectivity index (χ0n) is 12.7. The number of likely N-dealkylation sites (N-methyl/N-ethyl adjacent to an activating group) is 1. The number of hydrogen-bond acceptors (Lipinski definition) is 2. The molecule has 1 N–H and O–H groups in total. The van der Waals surface area contributed by atoms with Crippen molar-refractivity contribution in [3.63, 3.8) is 0 Å². The molecular weight excluding hydrogens is 248 g/mol. The Balaban J connectivity index is 1.87. The SMILES string of the molecule is CCN(Cc1ccccc1C)C(=O)CNC1CCCC1. The highest BCUT2D eigenvalue weighted by molar-refractivity contribution is 5.78. The molecule has 1 aliphatic rings. The molecule has 2 rings (SSSR count). The van der Waals surface area contributed by atoms with E-state index in [9.17, 15) is 4.79 Å². The van der Waals surface area contributed by atoms with Gasteiger partial charge < -0.3 is 10.2 Å². The second kappa shape index (κ2) is 7.44. The Bertz CT molecular complexity index is 438. The van der Waals surface area contributed by atoms with Gasteiger partial charge in [-0.3, -0.25) is 4.79 Å². The monoisotopic (exact) mass is 274 g/mol. The second-order valence-corrected chi connectivity index (χ2v) is 5.70. The average molecular weight is 274 g/mol. The molecule has 0 aromatic heterocycles. The lowest BCUT2D eigenvalue weighted by molar-refractivity contribution is -0.130. The molecule has 1 aliphatic carbocycles. The summed E-state index contributed by atoms with van der Waals surface area (Å²) in [6, 6.07) is 8.84. The summed E-state index contributed by atoms with van der Waals surface area (Å²) in [5, 5.41) is 3.41. The molecule has 1 saturated carbocycles. The summed E-state index contributed by atoms with van der Waals surface area (Å²) in [5.74, 6) is 0.211. The zero-order valence-corrected chi connectivity index (χ0v) is 12.7. The van der Waals surface area contributed by atoms with E-state index in [-0.39, 0.29) is 5.91 Å². The van der Waals surface area contributed by atoms with Crippen LogP contribution in [-0.4, -0.2) is 29.9 Å². The van der Waals surface area contributed by atoms with Crippen LogP contribution >= 0.6 is 0 Å². The molecule has 1 aromatic rings. The maximum absolute atomic E-state index is 12.3. The van der Waals surface area contributed by atoms with Gasteiger partial charge in [0.1, 0.15) is 0 Å². The van der Waals surface area contributed by atoms with Gasteiger partial charge in [0, 0.05) is 19.1 Å². The molecule has 110 valence electrons. The number of hydrogen-bond donors (Lipinski definition) is 1. The van der Waals surface area contributed by atoms with Crippen LogP contribution in [0.25, 0.3) is 0 Å². The summed E-state index contributed by atoms with van der Waals surface area (Å²) in [7, 11) is 0. The van der Waals surface area contributed by atoms with Crippen LogP contribution in [-0.2, 0) is 11.3 Å². The Morgan fingerprint density at radius 2 is 2.00 bits per heavy atom. The summed E-state index contributed by atoms with van der Waals surface area (Å²) < 4.78 is 0. The molecule has 0 atom stereocenters. The van der Waals surface area contributed by atoms with Gasteiger partial charge in [-0.05, 0) is 37.8 Å². The normalized spacial score (nSPS) is 15.5. The van der Waals surface area contributed by atoms with E-state index < -0.39 is 0 Å². The van der Waals surface area contributed by atoms with Crippen LogP contribution in [0.3, 0.4) is 0 Å². The summed E-state index contributed by atoms with van der Waals surface area (Å²) in [6.45, 7) is 6.11. The standard InChI is InChI=1S/C17H26N2O/c1-3-19(13-15-9-5-4-8-14(15)2)17(20)12-18-16-10-6-7-11-16/h4-5,8-9,16,18H,3,6-7,10-13H2,1-2H3. The van der Waals surface area contributed by atoms with Crippen molar-refractivity contribution in [2.45, 2.75) is 52.1 Å². The number of nitrogens with zero attached hydrogens (tertiary/aromatic N) is 1. The number of benzene rings is 1. The van der Waals surface area contributed by atoms with Crippen LogP contribution in [0.4, 0.5) is 0 Å². The van der Waals surface area contributed by atoms with E-state index in [0.717, 1.165) is 6.54 Å². The van der Waals surface area contributed by atoms with Gasteiger partial charge in [0.15, 0.2) is 0 Å². The lowest BCUT2D eigenvalue weighted by Crippen LogP contribution is -2.40. The smallest absolute Gasteiger partial charge is 0.236 e. The Morgan fingerprint density at radius 1 is 1.30 bits per heavy atom. The summed E-state index contributed by atoms with van der Waals surface area (Å²) in [4.78, 5) is 14.2. The van der Waals surface area contributed by atoms with E-state index in [2.05, 4.69) is 24.4 Å². The van der Waals surface area contributed by atoms with E-state index in [4.69, 9.17) is 0 Å². The molecule has 1 amide bonds. The fourth-order valence-electron chi connectivity index (χ4n) is 2.84. The van der Waals surface area contributed by atoms with Crippen LogP contribution in [0.15, 0.2) is 24.3 Å². The number of carbonyl (C=O) groups is 1. The third-order valence-electron chi connectivity index (χ3n) is 4.25. The predicted molar refractivity (Wildman–Crippen MR) is 82.5 cm³/mol. The van der Waals surface area contributed by atoms with E-state index in [1.165, 1.54) is 36.8 Å². The molecule has 0 spiro atoms. The maximum Gasteiger partial charge on any atom is 0.236 e. The van der Waals surface area contributed by atoms with Gasteiger partial charge in [0.2, 0.25) is 5.91 Å². The Hall–Kier alpha value is -1.35. The molecule has 1 aromatic carbocycles. The molecule has 0 radical (unpaired) electrons. The van der Waals surface area contributed by atoms with Crippen molar-refractivity contribution in [1.82, 2.24) is 10.2 Å². The van der Waals surface area contributed by atoms with Crippen LogP contribution in [0.5, 0.6) is 0 Å². The minimum atomic E-state index is 0.211. The zero-order chi connectivity index (χ0) is 14.4. The van der Waals surface area contributed by atoms with Gasteiger partial charge in [0.05, 0.1) is 6.54 Å². The predicted octanol–water partition coefficient (Wildman–Crippen LogP) is 2.88. The summed E-state index contributed by atoms with van der Waals surface area (Å²) >= 11 is 0. The first-order valence-corrected chi connectivity index (χ1v) is 7.76. The van der Waals surface area contributed by atoms with Crippen molar-refractivity contribution in [3.05, 3.63) is 35.4 Å². The molecular formula is C17H26N2O. The van der Waals surface area contributed by atoms with E-state index in [1.54, 1.807) is 0 Å². The molecule has 0 unspecified atom stereocenters. The lowest BCUT2D eigenvalue weighted by Gasteiger charge is -2.23. The van der Waals surface area contributed by atoms with Crippen molar-refractivity contribution in [3.8, 4) is 0 Å². The first-order valence-electron chi connectivity index (χ1n) is 7.76. The highest BCUT2D eigenvalue weighted by Crippen LogP contribution is 2.17. The van der Waals surface area contributed by atoms with Crippen molar-refractivity contribution >= 4 is 5.91 Å². The fraction of sp³-hybridized carbons (Fsp3) is 0.588. The first kappa shape index (κ1) is 15.0. The van der Waals surface area contributed by atoms with Gasteiger partial charge in [-0.15, -0.1) is 0 Å². The minimum Gasteiger partial charge on any atom is -0.338 e. The fourth-order valence-corrected chi connectivity index (χ4v) is 2.84. The van der Waals surface area contributed by atoms with Crippen molar-refractivity contribution in [1.29, 1.82) is 0 Å². The van der Waals surface area contributed by atoms with Gasteiger partial charge in [-0.1, -0.05) is 37.1 Å². The molecule has 0 heterocycles. The summed E-state index contributed by atoms with van der Waals surface area (Å²) in [5.41, 5.74) is 2.49. The van der Waals surface area contributed by atoms with Crippen LogP contribution < -0.4 is 5.32 Å². The van der Waals surface area contributed by atoms with Gasteiger partial charge in [-0.2, -0.15) is 0 Å². The largest absolute Gasteiger partial charge is 0.338 e. The van der Waals surface area contributed by atoms with Gasteiger partial charge in [-0.25, -0.2) is 0 Å². The topological polar surface area (TPSA) is 32.3 Å². The van der Waals surface area contributed by atoms with Crippen molar-refractivity contribution in [2.24, 2.45) is 0 Å². The number of nitrogens with one attached hydrogen (secondary N) is 1. The molecule has 1 fully saturated rings.